The molecule has 0 amide bonds. The maximum absolute atomic E-state index is 2.39. The minimum absolute atomic E-state index is 0.245. The highest BCUT2D eigenvalue weighted by atomic mass is 28.2. The fourth-order valence-corrected chi connectivity index (χ4v) is 0.919. The van der Waals surface area contributed by atoms with Crippen LogP contribution < -0.4 is 0 Å². The average Bonchev–Trinajstić information content (AvgIpc) is 1.75. The van der Waals surface area contributed by atoms with Gasteiger partial charge >= 0.3 is 0 Å². The smallest absolute Gasteiger partial charge is 0.00558 e. The molecule has 0 aliphatic carbocycles. The Balaban J connectivity index is 2.54. The van der Waals surface area contributed by atoms with Crippen molar-refractivity contribution in [2.75, 3.05) is 0 Å². The fourth-order valence-electron chi connectivity index (χ4n) is 0.102. The molecule has 0 aromatic rings. The van der Waals surface area contributed by atoms with Crippen molar-refractivity contribution < 1.29 is 0 Å². The predicted molar refractivity (Wildman–Crippen MR) is 22.5 cm³/mol. The first-order valence-corrected chi connectivity index (χ1v) is 3.83. The lowest BCUT2D eigenvalue weighted by molar-refractivity contribution is 2.06. The fraction of sp³-hybridized carbons (Fsp3) is 0.667. The molecule has 0 aromatic heterocycles. The molecule has 0 bridgehead atoms. The van der Waals surface area contributed by atoms with E-state index < -0.39 is 0 Å². The van der Waals surface area contributed by atoms with E-state index in [9.17, 15) is 0 Å². The van der Waals surface area contributed by atoms with Crippen LogP contribution in [-0.4, -0.2) is 14.1 Å². The molecule has 0 unspecified atom stereocenters. The van der Waals surface area contributed by atoms with E-state index in [1.807, 2.05) is 0 Å². The molecule has 1 aliphatic heterocycles. The monoisotopic (exact) mass is 70.0 g/mol. The van der Waals surface area contributed by atoms with Gasteiger partial charge in [0, 0.05) is 8.41 Å². The highest BCUT2D eigenvalue weighted by Gasteiger charge is 1.95. The molecule has 0 saturated carbocycles. The summed E-state index contributed by atoms with van der Waals surface area (Å²) in [6, 6.07) is 1.46. The normalized spacial score (nSPS) is 19.8. The third-order valence-electron chi connectivity index (χ3n) is 0.612. The molecule has 1 aliphatic rings. The summed E-state index contributed by atoms with van der Waals surface area (Å²) in [7, 11) is 0.245. The van der Waals surface area contributed by atoms with Gasteiger partial charge in [-0.3, -0.25) is 0 Å². The van der Waals surface area contributed by atoms with E-state index >= 15 is 0 Å². The van der Waals surface area contributed by atoms with E-state index in [0.29, 0.717) is 0 Å². The standard InChI is InChI=1S/C3H6Si/c1-4-2-3-4/h2H,3H2,1H3. The van der Waals surface area contributed by atoms with E-state index in [4.69, 9.17) is 0 Å². The molecule has 0 spiro atoms. The zero-order valence-electron chi connectivity index (χ0n) is 2.78. The van der Waals surface area contributed by atoms with Gasteiger partial charge < -0.3 is 0 Å². The molecule has 0 fully saturated rings. The molecule has 1 heteroatoms. The van der Waals surface area contributed by atoms with Gasteiger partial charge in [-0.2, -0.15) is 0 Å². The number of hydrogen-bond acceptors (Lipinski definition) is 0. The summed E-state index contributed by atoms with van der Waals surface area (Å²) in [5.41, 5.74) is 2.39. The Bertz CT molecular complexity index is 54.3. The molecule has 0 radical (unpaired) electrons. The summed E-state index contributed by atoms with van der Waals surface area (Å²) >= 11 is 0. The van der Waals surface area contributed by atoms with Crippen LogP contribution >= 0.6 is 0 Å². The zero-order valence-corrected chi connectivity index (χ0v) is 3.78. The van der Waals surface area contributed by atoms with Crippen LogP contribution in [0.3, 0.4) is 0 Å². The minimum Gasteiger partial charge on any atom is -0.103 e. The van der Waals surface area contributed by atoms with Gasteiger partial charge in [0.25, 0.3) is 0 Å². The van der Waals surface area contributed by atoms with Gasteiger partial charge in [-0.25, -0.2) is 0 Å². The van der Waals surface area contributed by atoms with Crippen molar-refractivity contribution in [3.05, 3.63) is 0 Å². The molecule has 0 N–H and O–H groups in total. The van der Waals surface area contributed by atoms with Gasteiger partial charge in [0.05, 0.1) is 0 Å². The average molecular weight is 70.2 g/mol. The van der Waals surface area contributed by atoms with Crippen molar-refractivity contribution in [1.82, 2.24) is 0 Å². The van der Waals surface area contributed by atoms with Gasteiger partial charge in [0.15, 0.2) is 0 Å². The van der Waals surface area contributed by atoms with Crippen LogP contribution in [0.4, 0.5) is 0 Å². The van der Waals surface area contributed by atoms with E-state index in [1.54, 1.807) is 0 Å². The minimum atomic E-state index is 0.245. The van der Waals surface area contributed by atoms with Crippen LogP contribution in [0.25, 0.3) is 0 Å². The first-order valence-electron chi connectivity index (χ1n) is 1.55. The van der Waals surface area contributed by atoms with Crippen LogP contribution in [0.5, 0.6) is 0 Å². The maximum Gasteiger partial charge on any atom is 0.00558 e. The third-order valence-corrected chi connectivity index (χ3v) is 1.84. The van der Waals surface area contributed by atoms with Crippen molar-refractivity contribution in [2.24, 2.45) is 0 Å². The molecule has 1 heterocycles. The highest BCUT2D eigenvalue weighted by molar-refractivity contribution is 6.82. The molecular weight excluding hydrogens is 64.1 g/mol. The highest BCUT2D eigenvalue weighted by Crippen LogP contribution is 1.89. The molecule has 4 heavy (non-hydrogen) atoms. The van der Waals surface area contributed by atoms with Gasteiger partial charge in [-0.15, -0.1) is 5.67 Å². The molecule has 22 valence electrons. The predicted octanol–water partition coefficient (Wildman–Crippen LogP) is 0.508. The first-order chi connectivity index (χ1) is 1.89. The summed E-state index contributed by atoms with van der Waals surface area (Å²) in [6.07, 6.45) is 0. The Labute approximate surface area is 27.7 Å². The quantitative estimate of drug-likeness (QED) is 0.364. The Hall–Kier alpha value is 0.0869. The lowest BCUT2D eigenvalue weighted by Gasteiger charge is -1.43. The van der Waals surface area contributed by atoms with Crippen molar-refractivity contribution >= 4 is 14.1 Å². The third kappa shape index (κ3) is 0.259. The van der Waals surface area contributed by atoms with Gasteiger partial charge in [-0.1, -0.05) is 6.55 Å². The molecule has 0 saturated heterocycles. The number of hydrogen-bond donors (Lipinski definition) is 0. The Morgan fingerprint density at radius 2 is 2.25 bits per heavy atom. The zero-order chi connectivity index (χ0) is 2.99. The summed E-state index contributed by atoms with van der Waals surface area (Å²) in [6.45, 7) is 2.32. The maximum atomic E-state index is 2.39. The van der Waals surface area contributed by atoms with E-state index in [0.717, 1.165) is 0 Å². The molecular formula is C3H6Si. The lowest BCUT2D eigenvalue weighted by atomic mass is 11.0. The van der Waals surface area contributed by atoms with Gasteiger partial charge in [-0.05, 0) is 6.04 Å². The van der Waals surface area contributed by atoms with Crippen molar-refractivity contribution in [3.63, 3.8) is 0 Å². The second-order valence-corrected chi connectivity index (χ2v) is 3.76. The van der Waals surface area contributed by atoms with Crippen molar-refractivity contribution in [3.8, 4) is 0 Å². The molecule has 0 nitrogen and oxygen atoms in total. The molecule has 1 rings (SSSR count). The Kier molecular flexibility index (Phi) is 0.303. The summed E-state index contributed by atoms with van der Waals surface area (Å²) in [5, 5.41) is 0. The van der Waals surface area contributed by atoms with Crippen LogP contribution in [0.1, 0.15) is 0 Å². The first kappa shape index (κ1) is 2.33. The number of rotatable bonds is 0. The van der Waals surface area contributed by atoms with Crippen LogP contribution in [0.15, 0.2) is 0 Å². The molecule has 0 aromatic carbocycles. The summed E-state index contributed by atoms with van der Waals surface area (Å²) < 4.78 is 0. The van der Waals surface area contributed by atoms with E-state index in [-0.39, 0.29) is 8.41 Å². The van der Waals surface area contributed by atoms with Gasteiger partial charge in [0.1, 0.15) is 0 Å². The van der Waals surface area contributed by atoms with Crippen LogP contribution in [-0.2, 0) is 0 Å². The summed E-state index contributed by atoms with van der Waals surface area (Å²) in [5.74, 6) is 0. The van der Waals surface area contributed by atoms with Crippen molar-refractivity contribution in [1.29, 1.82) is 0 Å². The lowest BCUT2D eigenvalue weighted by Crippen LogP contribution is -1.54. The Morgan fingerprint density at radius 1 is 2.00 bits per heavy atom. The second-order valence-electron chi connectivity index (χ2n) is 1.25. The summed E-state index contributed by atoms with van der Waals surface area (Å²) in [4.78, 5) is 0. The Morgan fingerprint density at radius 3 is 2.25 bits per heavy atom. The largest absolute Gasteiger partial charge is 0.103 e. The van der Waals surface area contributed by atoms with Crippen LogP contribution in [0.2, 0.25) is 12.6 Å². The SMILES string of the molecule is C[Si]1=CC1. The molecule has 0 atom stereocenters. The van der Waals surface area contributed by atoms with E-state index in [1.165, 1.54) is 6.04 Å². The van der Waals surface area contributed by atoms with Crippen molar-refractivity contribution in [2.45, 2.75) is 12.6 Å². The second kappa shape index (κ2) is 0.520. The van der Waals surface area contributed by atoms with Crippen LogP contribution in [0, 0.1) is 0 Å². The topological polar surface area (TPSA) is 0 Å². The van der Waals surface area contributed by atoms with E-state index in [2.05, 4.69) is 12.2 Å². The van der Waals surface area contributed by atoms with Gasteiger partial charge in [0.2, 0.25) is 0 Å².